The third-order valence-electron chi connectivity index (χ3n) is 0.200. The van der Waals surface area contributed by atoms with Crippen molar-refractivity contribution >= 4 is 13.6 Å². The van der Waals surface area contributed by atoms with Gasteiger partial charge in [-0.25, -0.2) is 0 Å². The molecule has 0 aromatic heterocycles. The summed E-state index contributed by atoms with van der Waals surface area (Å²) in [7, 11) is 3.40. The number of nitrogens with zero attached hydrogens (tertiary/aromatic N) is 2. The van der Waals surface area contributed by atoms with Gasteiger partial charge in [-0.3, -0.25) is 13.6 Å². The first kappa shape index (κ1) is 29.2. The van der Waals surface area contributed by atoms with Gasteiger partial charge in [0.15, 0.2) is 0 Å². The molecule has 82 valence electrons. The first-order valence-corrected chi connectivity index (χ1v) is 3.29. The minimum Gasteiger partial charge on any atom is -0.545 e. The Balaban J connectivity index is -0.0000000273. The van der Waals surface area contributed by atoms with Crippen LogP contribution in [0.1, 0.15) is 20.8 Å². The molecular formula is C9H17N2O2Ru+. The molecule has 0 radical (unpaired) electrons. The van der Waals surface area contributed by atoms with Crippen molar-refractivity contribution in [2.24, 2.45) is 0 Å². The first-order chi connectivity index (χ1) is 6.00. The van der Waals surface area contributed by atoms with Gasteiger partial charge in [-0.2, -0.15) is 32.3 Å². The van der Waals surface area contributed by atoms with E-state index >= 15 is 0 Å². The predicted octanol–water partition coefficient (Wildman–Crippen LogP) is 1.45. The van der Waals surface area contributed by atoms with E-state index in [9.17, 15) is 0 Å². The maximum atomic E-state index is 7.75. The number of carbonyl (C=O) groups excluding carboxylic acids is 2. The van der Waals surface area contributed by atoms with E-state index in [1.54, 1.807) is 14.1 Å². The molecule has 0 rings (SSSR count). The van der Waals surface area contributed by atoms with Gasteiger partial charge in [-0.15, -0.1) is 5.01 Å². The smallest absolute Gasteiger partial charge is 0.545 e. The van der Waals surface area contributed by atoms with Crippen molar-refractivity contribution in [1.29, 1.82) is 0 Å². The average Bonchev–Trinajstić information content (AvgIpc) is 2.10. The van der Waals surface area contributed by atoms with Crippen LogP contribution >= 0.6 is 0 Å². The van der Waals surface area contributed by atoms with Crippen molar-refractivity contribution < 1.29 is 29.1 Å². The van der Waals surface area contributed by atoms with E-state index in [-0.39, 0.29) is 19.5 Å². The van der Waals surface area contributed by atoms with Crippen molar-refractivity contribution in [1.82, 2.24) is 5.01 Å². The molecule has 5 heteroatoms. The van der Waals surface area contributed by atoms with Crippen LogP contribution in [0.4, 0.5) is 0 Å². The Morgan fingerprint density at radius 1 is 1.07 bits per heavy atom. The molecule has 0 spiro atoms. The number of hydrogen-bond acceptors (Lipinski definition) is 3. The van der Waals surface area contributed by atoms with E-state index in [1.165, 1.54) is 10.9 Å². The molecule has 0 aromatic rings. The molecule has 14 heavy (non-hydrogen) atoms. The summed E-state index contributed by atoms with van der Waals surface area (Å²) in [5, 5.41) is 1.42. The fourth-order valence-corrected chi connectivity index (χ4v) is 0. The molecule has 0 amide bonds. The third kappa shape index (κ3) is 753. The summed E-state index contributed by atoms with van der Waals surface area (Å²) in [6.07, 6.45) is 0. The SMILES string of the molecule is C[C-](C)C.[C-]#[N+]N(C)C.[CH-]=O.[CH-]=O.[Ru+4]. The molecule has 0 aliphatic heterocycles. The molecule has 0 bridgehead atoms. The zero-order chi connectivity index (χ0) is 11.9. The minimum absolute atomic E-state index is 0. The molecule has 0 N–H and O–H groups in total. The van der Waals surface area contributed by atoms with E-state index in [4.69, 9.17) is 16.2 Å². The van der Waals surface area contributed by atoms with Crippen LogP contribution in [0.2, 0.25) is 0 Å². The third-order valence-corrected chi connectivity index (χ3v) is 0.200. The molecule has 0 aliphatic rings. The molecule has 0 aromatic carbocycles. The molecule has 0 unspecified atom stereocenters. The number of rotatable bonds is 0. The van der Waals surface area contributed by atoms with E-state index in [0.717, 1.165) is 0 Å². The second-order valence-electron chi connectivity index (χ2n) is 2.45. The topological polar surface area (TPSA) is 41.7 Å². The second-order valence-corrected chi connectivity index (χ2v) is 2.45. The molecule has 0 saturated heterocycles. The van der Waals surface area contributed by atoms with Gasteiger partial charge in [0.2, 0.25) is 0 Å². The van der Waals surface area contributed by atoms with Crippen LogP contribution in [0.25, 0.3) is 4.95 Å². The van der Waals surface area contributed by atoms with Crippen molar-refractivity contribution in [3.05, 3.63) is 17.4 Å². The van der Waals surface area contributed by atoms with Crippen LogP contribution in [-0.4, -0.2) is 32.7 Å². The molecule has 0 fully saturated rings. The van der Waals surface area contributed by atoms with Gasteiger partial charge in [0.1, 0.15) is 0 Å². The van der Waals surface area contributed by atoms with E-state index < -0.39 is 0 Å². The Hall–Kier alpha value is -0.747. The molecule has 4 nitrogen and oxygen atoms in total. The van der Waals surface area contributed by atoms with Crippen LogP contribution < -0.4 is 0 Å². The van der Waals surface area contributed by atoms with Gasteiger partial charge in [0.05, 0.1) is 14.1 Å². The Labute approximate surface area is 100 Å². The zero-order valence-electron chi connectivity index (χ0n) is 9.22. The molecule has 0 atom stereocenters. The first-order valence-electron chi connectivity index (χ1n) is 3.29. The summed E-state index contributed by atoms with van der Waals surface area (Å²) < 4.78 is 0. The van der Waals surface area contributed by atoms with Crippen molar-refractivity contribution in [2.45, 2.75) is 20.8 Å². The van der Waals surface area contributed by atoms with Crippen molar-refractivity contribution in [2.75, 3.05) is 14.1 Å². The molecule has 0 aliphatic carbocycles. The van der Waals surface area contributed by atoms with Crippen LogP contribution in [0.3, 0.4) is 0 Å². The van der Waals surface area contributed by atoms with Gasteiger partial charge in [-0.1, -0.05) is 0 Å². The van der Waals surface area contributed by atoms with Gasteiger partial charge >= 0.3 is 19.5 Å². The molecule has 0 heterocycles. The van der Waals surface area contributed by atoms with Crippen LogP contribution in [0, 0.1) is 12.5 Å². The quantitative estimate of drug-likeness (QED) is 0.293. The Morgan fingerprint density at radius 2 is 1.14 bits per heavy atom. The maximum Gasteiger partial charge on any atom is 4.00 e. The maximum absolute atomic E-state index is 7.75. The van der Waals surface area contributed by atoms with Gasteiger partial charge in [0, 0.05) is 0 Å². The van der Waals surface area contributed by atoms with Gasteiger partial charge < -0.3 is 15.5 Å². The van der Waals surface area contributed by atoms with Gasteiger partial charge in [0.25, 0.3) is 0 Å². The van der Waals surface area contributed by atoms with E-state index in [2.05, 4.69) is 39.3 Å². The van der Waals surface area contributed by atoms with Crippen LogP contribution in [0.15, 0.2) is 0 Å². The van der Waals surface area contributed by atoms with Crippen molar-refractivity contribution in [3.8, 4) is 0 Å². The summed E-state index contributed by atoms with van der Waals surface area (Å²) in [4.78, 5) is 18.5. The summed E-state index contributed by atoms with van der Waals surface area (Å²) in [6, 6.07) is 0. The fraction of sp³-hybridized carbons (Fsp3) is 0.556. The van der Waals surface area contributed by atoms with Gasteiger partial charge in [-0.05, 0) is 0 Å². The average molecular weight is 286 g/mol. The van der Waals surface area contributed by atoms with Crippen LogP contribution in [-0.2, 0) is 29.1 Å². The zero-order valence-corrected chi connectivity index (χ0v) is 11.0. The Bertz CT molecular complexity index is 109. The van der Waals surface area contributed by atoms with E-state index in [1.807, 2.05) is 0 Å². The summed E-state index contributed by atoms with van der Waals surface area (Å²) in [5.41, 5.74) is 0. The molecule has 0 saturated carbocycles. The summed E-state index contributed by atoms with van der Waals surface area (Å²) in [6.45, 7) is 19.0. The predicted molar refractivity (Wildman–Crippen MR) is 54.1 cm³/mol. The number of hydrogen-bond donors (Lipinski definition) is 0. The molecular weight excluding hydrogens is 269 g/mol. The monoisotopic (exact) mass is 287 g/mol. The van der Waals surface area contributed by atoms with E-state index in [0.29, 0.717) is 0 Å². The second kappa shape index (κ2) is 39.7. The standard InChI is InChI=1S/C4H9.C3H6N2.2CHO.Ru/c1-4(2)3;1-4-5(2)3;2*1-2;/h1-3H3;2-3H3;2*1H;/q-1;;2*-1;+4. The summed E-state index contributed by atoms with van der Waals surface area (Å²) in [5.74, 6) is 1.42. The largest absolute Gasteiger partial charge is 4.00 e. The summed E-state index contributed by atoms with van der Waals surface area (Å²) >= 11 is 0. The minimum atomic E-state index is 0. The normalized spacial score (nSPS) is 5.21. The Kier molecular flexibility index (Phi) is 82.8. The van der Waals surface area contributed by atoms with Crippen molar-refractivity contribution in [3.63, 3.8) is 0 Å². The van der Waals surface area contributed by atoms with Crippen LogP contribution in [0.5, 0.6) is 0 Å². The Morgan fingerprint density at radius 3 is 1.14 bits per heavy atom. The fourth-order valence-electron chi connectivity index (χ4n) is 0.